The van der Waals surface area contributed by atoms with Crippen molar-refractivity contribution in [2.75, 3.05) is 20.3 Å². The first-order valence-electron chi connectivity index (χ1n) is 8.53. The van der Waals surface area contributed by atoms with Crippen molar-refractivity contribution < 1.29 is 23.5 Å². The number of amides is 1. The van der Waals surface area contributed by atoms with E-state index in [2.05, 4.69) is 0 Å². The fraction of sp³-hybridized carbons (Fsp3) is 0.238. The molecular formula is C21H22FNO4. The van der Waals surface area contributed by atoms with E-state index in [0.717, 1.165) is 5.56 Å². The molecule has 0 saturated heterocycles. The largest absolute Gasteiger partial charge is 0.496 e. The SMILES string of the molecule is CCN(Cc1cccc(F)c1)C(=O)COC(=O)/C=C/c1ccccc1OC. The average Bonchev–Trinajstić information content (AvgIpc) is 2.68. The quantitative estimate of drug-likeness (QED) is 0.527. The zero-order chi connectivity index (χ0) is 19.6. The summed E-state index contributed by atoms with van der Waals surface area (Å²) in [4.78, 5) is 25.6. The Balaban J connectivity index is 1.89. The Hall–Kier alpha value is -3.15. The molecule has 0 atom stereocenters. The number of para-hydroxylation sites is 1. The molecule has 27 heavy (non-hydrogen) atoms. The van der Waals surface area contributed by atoms with Crippen molar-refractivity contribution in [2.45, 2.75) is 13.5 Å². The van der Waals surface area contributed by atoms with Crippen molar-refractivity contribution in [3.05, 3.63) is 71.6 Å². The van der Waals surface area contributed by atoms with Crippen LogP contribution in [-0.2, 0) is 20.9 Å². The number of methoxy groups -OCH3 is 1. The molecule has 0 aromatic heterocycles. The third-order valence-electron chi connectivity index (χ3n) is 3.87. The number of benzene rings is 2. The fourth-order valence-electron chi connectivity index (χ4n) is 2.47. The summed E-state index contributed by atoms with van der Waals surface area (Å²) in [7, 11) is 1.54. The Labute approximate surface area is 158 Å². The van der Waals surface area contributed by atoms with Crippen LogP contribution in [-0.4, -0.2) is 37.0 Å². The summed E-state index contributed by atoms with van der Waals surface area (Å²) in [5.74, 6) is -0.703. The van der Waals surface area contributed by atoms with Gasteiger partial charge in [-0.15, -0.1) is 0 Å². The van der Waals surface area contributed by atoms with Gasteiger partial charge in [-0.2, -0.15) is 0 Å². The summed E-state index contributed by atoms with van der Waals surface area (Å²) in [6.45, 7) is 2.10. The van der Waals surface area contributed by atoms with Crippen LogP contribution in [0, 0.1) is 5.82 Å². The lowest BCUT2D eigenvalue weighted by Gasteiger charge is -2.20. The van der Waals surface area contributed by atoms with Crippen LogP contribution in [0.5, 0.6) is 5.75 Å². The van der Waals surface area contributed by atoms with Gasteiger partial charge in [0.25, 0.3) is 5.91 Å². The minimum atomic E-state index is -0.629. The van der Waals surface area contributed by atoms with Gasteiger partial charge < -0.3 is 14.4 Å². The number of rotatable bonds is 8. The van der Waals surface area contributed by atoms with Gasteiger partial charge in [-0.25, -0.2) is 9.18 Å². The number of hydrogen-bond acceptors (Lipinski definition) is 4. The zero-order valence-corrected chi connectivity index (χ0v) is 15.4. The normalized spacial score (nSPS) is 10.6. The molecule has 0 radical (unpaired) electrons. The van der Waals surface area contributed by atoms with E-state index in [9.17, 15) is 14.0 Å². The average molecular weight is 371 g/mol. The predicted molar refractivity (Wildman–Crippen MR) is 100 cm³/mol. The van der Waals surface area contributed by atoms with Crippen LogP contribution in [0.2, 0.25) is 0 Å². The molecule has 0 bridgehead atoms. The molecule has 6 heteroatoms. The second kappa shape index (κ2) is 10.1. The first-order chi connectivity index (χ1) is 13.0. The summed E-state index contributed by atoms with van der Waals surface area (Å²) in [5.41, 5.74) is 1.40. The van der Waals surface area contributed by atoms with Crippen molar-refractivity contribution in [1.82, 2.24) is 4.90 Å². The van der Waals surface area contributed by atoms with Gasteiger partial charge in [-0.05, 0) is 36.8 Å². The Kier molecular flexibility index (Phi) is 7.55. The molecule has 2 aromatic rings. The number of carbonyl (C=O) groups excluding carboxylic acids is 2. The third kappa shape index (κ3) is 6.26. The number of ether oxygens (including phenoxy) is 2. The van der Waals surface area contributed by atoms with Gasteiger partial charge in [-0.3, -0.25) is 4.79 Å². The maximum atomic E-state index is 13.3. The van der Waals surface area contributed by atoms with Crippen LogP contribution in [0.1, 0.15) is 18.1 Å². The van der Waals surface area contributed by atoms with E-state index < -0.39 is 5.97 Å². The fourth-order valence-corrected chi connectivity index (χ4v) is 2.47. The number of nitrogens with zero attached hydrogens (tertiary/aromatic N) is 1. The summed E-state index contributed by atoms with van der Waals surface area (Å²) in [6, 6.07) is 13.3. The maximum absolute atomic E-state index is 13.3. The van der Waals surface area contributed by atoms with E-state index in [0.29, 0.717) is 17.9 Å². The van der Waals surface area contributed by atoms with Crippen LogP contribution in [0.25, 0.3) is 6.08 Å². The Morgan fingerprint density at radius 3 is 2.63 bits per heavy atom. The molecule has 142 valence electrons. The number of carbonyl (C=O) groups is 2. The summed E-state index contributed by atoms with van der Waals surface area (Å²) >= 11 is 0. The lowest BCUT2D eigenvalue weighted by molar-refractivity contribution is -0.148. The molecule has 1 amide bonds. The molecule has 0 unspecified atom stereocenters. The van der Waals surface area contributed by atoms with Crippen LogP contribution < -0.4 is 4.74 Å². The number of hydrogen-bond donors (Lipinski definition) is 0. The first kappa shape index (κ1) is 20.2. The molecular weight excluding hydrogens is 349 g/mol. The summed E-state index contributed by atoms with van der Waals surface area (Å²) in [6.07, 6.45) is 2.81. The van der Waals surface area contributed by atoms with Crippen LogP contribution >= 0.6 is 0 Å². The zero-order valence-electron chi connectivity index (χ0n) is 15.4. The van der Waals surface area contributed by atoms with Gasteiger partial charge in [0.05, 0.1) is 7.11 Å². The van der Waals surface area contributed by atoms with Crippen molar-refractivity contribution in [2.24, 2.45) is 0 Å². The van der Waals surface area contributed by atoms with E-state index in [4.69, 9.17) is 9.47 Å². The molecule has 0 aliphatic carbocycles. The van der Waals surface area contributed by atoms with Gasteiger partial charge >= 0.3 is 5.97 Å². The highest BCUT2D eigenvalue weighted by molar-refractivity contribution is 5.89. The molecule has 5 nitrogen and oxygen atoms in total. The molecule has 0 aliphatic rings. The second-order valence-corrected chi connectivity index (χ2v) is 5.72. The highest BCUT2D eigenvalue weighted by Gasteiger charge is 2.14. The summed E-state index contributed by atoms with van der Waals surface area (Å²) < 4.78 is 23.5. The van der Waals surface area contributed by atoms with E-state index in [1.807, 2.05) is 12.1 Å². The molecule has 0 fully saturated rings. The molecule has 0 saturated carbocycles. The van der Waals surface area contributed by atoms with Crippen molar-refractivity contribution >= 4 is 18.0 Å². The lowest BCUT2D eigenvalue weighted by atomic mass is 10.2. The minimum Gasteiger partial charge on any atom is -0.496 e. The van der Waals surface area contributed by atoms with E-state index in [1.54, 1.807) is 44.4 Å². The Morgan fingerprint density at radius 1 is 1.15 bits per heavy atom. The van der Waals surface area contributed by atoms with E-state index in [1.165, 1.54) is 23.1 Å². The maximum Gasteiger partial charge on any atom is 0.331 e. The van der Waals surface area contributed by atoms with Crippen LogP contribution in [0.3, 0.4) is 0 Å². The topological polar surface area (TPSA) is 55.8 Å². The monoisotopic (exact) mass is 371 g/mol. The standard InChI is InChI=1S/C21H22FNO4/c1-3-23(14-16-7-6-9-18(22)13-16)20(24)15-27-21(25)12-11-17-8-4-5-10-19(17)26-2/h4-13H,3,14-15H2,1-2H3/b12-11+. The number of halogens is 1. The Morgan fingerprint density at radius 2 is 1.93 bits per heavy atom. The van der Waals surface area contributed by atoms with Gasteiger partial charge in [0, 0.05) is 24.7 Å². The highest BCUT2D eigenvalue weighted by Crippen LogP contribution is 2.18. The minimum absolute atomic E-state index is 0.252. The Bertz CT molecular complexity index is 819. The third-order valence-corrected chi connectivity index (χ3v) is 3.87. The smallest absolute Gasteiger partial charge is 0.331 e. The number of likely N-dealkylation sites (N-methyl/N-ethyl adjacent to an activating group) is 1. The molecule has 0 N–H and O–H groups in total. The van der Waals surface area contributed by atoms with Crippen LogP contribution in [0.15, 0.2) is 54.6 Å². The van der Waals surface area contributed by atoms with Gasteiger partial charge in [0.1, 0.15) is 11.6 Å². The van der Waals surface area contributed by atoms with E-state index >= 15 is 0 Å². The van der Waals surface area contributed by atoms with Gasteiger partial charge in [-0.1, -0.05) is 30.3 Å². The van der Waals surface area contributed by atoms with Crippen LogP contribution in [0.4, 0.5) is 4.39 Å². The van der Waals surface area contributed by atoms with Crippen molar-refractivity contribution in [3.63, 3.8) is 0 Å². The molecule has 2 rings (SSSR count). The van der Waals surface area contributed by atoms with Gasteiger partial charge in [0.15, 0.2) is 6.61 Å². The summed E-state index contributed by atoms with van der Waals surface area (Å²) in [5, 5.41) is 0. The first-order valence-corrected chi connectivity index (χ1v) is 8.53. The predicted octanol–water partition coefficient (Wildman–Crippen LogP) is 3.44. The van der Waals surface area contributed by atoms with E-state index in [-0.39, 0.29) is 24.9 Å². The highest BCUT2D eigenvalue weighted by atomic mass is 19.1. The van der Waals surface area contributed by atoms with Crippen molar-refractivity contribution in [1.29, 1.82) is 0 Å². The molecule has 0 spiro atoms. The lowest BCUT2D eigenvalue weighted by Crippen LogP contribution is -2.34. The molecule has 0 heterocycles. The number of esters is 1. The van der Waals surface area contributed by atoms with Gasteiger partial charge in [0.2, 0.25) is 0 Å². The molecule has 0 aliphatic heterocycles. The molecule has 2 aromatic carbocycles. The second-order valence-electron chi connectivity index (χ2n) is 5.72. The van der Waals surface area contributed by atoms with Crippen molar-refractivity contribution in [3.8, 4) is 5.75 Å².